The molecule has 0 bridgehead atoms. The third kappa shape index (κ3) is 119. The number of sulfone groups is 1. The van der Waals surface area contributed by atoms with E-state index >= 15 is 0 Å². The molecule has 0 aliphatic carbocycles. The number of Topliss-reactive ketones (excluding diaryl/α,β-unsaturated/α-hetero) is 1. The highest BCUT2D eigenvalue weighted by molar-refractivity contribution is 7.89. The average Bonchev–Trinajstić information content (AvgIpc) is 2.13. The molecule has 0 aromatic rings. The van der Waals surface area contributed by atoms with Crippen LogP contribution < -0.4 is 0 Å². The van der Waals surface area contributed by atoms with Gasteiger partial charge >= 0.3 is 0 Å². The second kappa shape index (κ2) is 16.5. The van der Waals surface area contributed by atoms with Crippen molar-refractivity contribution in [2.75, 3.05) is 25.0 Å². The molecule has 0 fully saturated rings. The topological polar surface area (TPSA) is 96.4 Å². The quantitative estimate of drug-likeness (QED) is 0.498. The molecule has 0 aliphatic rings. The minimum Gasteiger partial charge on any atom is -0.300 e. The molecule has 0 aromatic carbocycles. The maximum absolute atomic E-state index is 9.63. The summed E-state index contributed by atoms with van der Waals surface area (Å²) >= 11 is 0. The molecule has 0 aliphatic heterocycles. The van der Waals surface area contributed by atoms with E-state index in [9.17, 15) is 17.4 Å². The van der Waals surface area contributed by atoms with E-state index in [1.54, 1.807) is 32.4 Å². The first kappa shape index (κ1) is 27.8. The van der Waals surface area contributed by atoms with E-state index in [0.717, 1.165) is 18.1 Å². The third-order valence-electron chi connectivity index (χ3n) is 0.691. The van der Waals surface area contributed by atoms with Gasteiger partial charge in [0.1, 0.15) is 15.6 Å². The number of hydrogen-bond acceptors (Lipinski definition) is 5. The molecule has 0 N–H and O–H groups in total. The van der Waals surface area contributed by atoms with E-state index in [0.29, 0.717) is 0 Å². The smallest absolute Gasteiger partial charge is 0.260 e. The van der Waals surface area contributed by atoms with Crippen molar-refractivity contribution in [3.8, 4) is 6.07 Å². The zero-order valence-electron chi connectivity index (χ0n) is 13.8. The molecule has 21 heavy (non-hydrogen) atoms. The zero-order chi connectivity index (χ0) is 18.2. The van der Waals surface area contributed by atoms with Crippen molar-refractivity contribution in [1.29, 1.82) is 5.26 Å². The van der Waals surface area contributed by atoms with Gasteiger partial charge in [0.25, 0.3) is 5.70 Å². The number of carbonyl (C=O) groups excluding carboxylic acids is 1. The summed E-state index contributed by atoms with van der Waals surface area (Å²) in [5, 5.41) is 8.17. The van der Waals surface area contributed by atoms with Gasteiger partial charge in [0.2, 0.25) is 0 Å². The second-order valence-corrected chi connectivity index (χ2v) is 8.13. The Labute approximate surface area is 131 Å². The van der Waals surface area contributed by atoms with Crippen molar-refractivity contribution < 1.29 is 17.4 Å². The molecule has 8 heteroatoms. The van der Waals surface area contributed by atoms with Gasteiger partial charge in [-0.1, -0.05) is 19.4 Å². The van der Waals surface area contributed by atoms with Crippen LogP contribution in [-0.4, -0.2) is 43.4 Å². The largest absolute Gasteiger partial charge is 0.300 e. The lowest BCUT2D eigenvalue weighted by Gasteiger charge is -1.82. The van der Waals surface area contributed by atoms with Gasteiger partial charge in [-0.3, -0.25) is 4.21 Å². The van der Waals surface area contributed by atoms with Gasteiger partial charge in [0, 0.05) is 35.8 Å². The Bertz CT molecular complexity index is 487. The molecule has 0 spiro atoms. The van der Waals surface area contributed by atoms with Crippen molar-refractivity contribution >= 4 is 26.4 Å². The summed E-state index contributed by atoms with van der Waals surface area (Å²) in [5.74, 6) is 0.167. The van der Waals surface area contributed by atoms with Crippen LogP contribution >= 0.6 is 0 Å². The van der Waals surface area contributed by atoms with Crippen LogP contribution in [0.3, 0.4) is 0 Å². The van der Waals surface area contributed by atoms with Gasteiger partial charge in [-0.25, -0.2) is 18.5 Å². The highest BCUT2D eigenvalue weighted by Gasteiger charge is 1.91. The maximum atomic E-state index is 9.63. The summed E-state index contributed by atoms with van der Waals surface area (Å²) in [6, 6.07) is 1.78. The van der Waals surface area contributed by atoms with E-state index in [1.807, 2.05) is 0 Å². The van der Waals surface area contributed by atoms with Crippen LogP contribution in [-0.2, 0) is 25.4 Å². The molecule has 0 saturated carbocycles. The number of carbonyl (C=O) groups is 1. The highest BCUT2D eigenvalue weighted by Crippen LogP contribution is 2.00. The summed E-state index contributed by atoms with van der Waals surface area (Å²) < 4.78 is 28.8. The van der Waals surface area contributed by atoms with Gasteiger partial charge in [-0.15, -0.1) is 0 Å². The Balaban J connectivity index is -0.0000000970. The predicted molar refractivity (Wildman–Crippen MR) is 87.7 cm³/mol. The van der Waals surface area contributed by atoms with Crippen molar-refractivity contribution in [2.45, 2.75) is 27.7 Å². The number of rotatable bonds is 0. The number of allylic oxidation sites excluding steroid dienone is 2. The maximum Gasteiger partial charge on any atom is 0.260 e. The fourth-order valence-electron chi connectivity index (χ4n) is 0.249. The van der Waals surface area contributed by atoms with Gasteiger partial charge in [0.15, 0.2) is 0 Å². The molecule has 0 saturated heterocycles. The molecule has 122 valence electrons. The molecule has 0 atom stereocenters. The highest BCUT2D eigenvalue weighted by atomic mass is 32.2. The molecular weight excluding hydrogens is 312 g/mol. The summed E-state index contributed by atoms with van der Waals surface area (Å²) in [6.45, 7) is 13.0. The first-order valence-electron chi connectivity index (χ1n) is 5.51. The van der Waals surface area contributed by atoms with Crippen LogP contribution in [0.25, 0.3) is 4.85 Å². The minimum absolute atomic E-state index is 0.167. The lowest BCUT2D eigenvalue weighted by Crippen LogP contribution is -1.86. The van der Waals surface area contributed by atoms with Crippen LogP contribution in [0, 0.1) is 17.9 Å². The average molecular weight is 336 g/mol. The monoisotopic (exact) mass is 336 g/mol. The SMILES string of the molecule is CC(C)=O.CS(C)(=O)=O.CS(C)=O.[C-]#[N+]C(C#N)=C(C)C. The van der Waals surface area contributed by atoms with Crippen LogP contribution in [0.1, 0.15) is 27.7 Å². The predicted octanol–water partition coefficient (Wildman–Crippen LogP) is 1.97. The van der Waals surface area contributed by atoms with E-state index in [-0.39, 0.29) is 11.5 Å². The Morgan fingerprint density at radius 3 is 1.33 bits per heavy atom. The minimum atomic E-state index is -2.67. The first-order valence-corrected chi connectivity index (χ1v) is 9.77. The Morgan fingerprint density at radius 2 is 1.33 bits per heavy atom. The number of hydrogen-bond donors (Lipinski definition) is 0. The summed E-state index contributed by atoms with van der Waals surface area (Å²) in [7, 11) is -3.28. The zero-order valence-corrected chi connectivity index (χ0v) is 15.5. The van der Waals surface area contributed by atoms with Gasteiger partial charge in [-0.2, -0.15) is 0 Å². The Morgan fingerprint density at radius 1 is 1.14 bits per heavy atom. The first-order chi connectivity index (χ1) is 9.18. The fraction of sp³-hybridized carbons (Fsp3) is 0.615. The van der Waals surface area contributed by atoms with E-state index in [2.05, 4.69) is 4.85 Å². The van der Waals surface area contributed by atoms with Gasteiger partial charge in [0.05, 0.1) is 12.6 Å². The van der Waals surface area contributed by atoms with Crippen LogP contribution in [0.5, 0.6) is 0 Å². The second-order valence-electron chi connectivity index (χ2n) is 4.36. The molecule has 0 amide bonds. The van der Waals surface area contributed by atoms with E-state index in [4.69, 9.17) is 11.8 Å². The summed E-state index contributed by atoms with van der Waals surface area (Å²) in [5.41, 5.74) is 0.979. The molecule has 0 rings (SSSR count). The number of nitrogens with zero attached hydrogens (tertiary/aromatic N) is 2. The molecular formula is C13H24N2O4S2. The van der Waals surface area contributed by atoms with Crippen LogP contribution in [0.4, 0.5) is 0 Å². The van der Waals surface area contributed by atoms with Crippen molar-refractivity contribution in [3.05, 3.63) is 22.7 Å². The molecule has 0 unspecified atom stereocenters. The van der Waals surface area contributed by atoms with E-state index < -0.39 is 20.6 Å². The Kier molecular flexibility index (Phi) is 21.9. The Hall–Kier alpha value is -1.51. The van der Waals surface area contributed by atoms with Crippen molar-refractivity contribution in [2.24, 2.45) is 0 Å². The standard InChI is InChI=1S/C6H6N2.C3H6O.C2H6O2S.C2H6OS/c1-5(2)6(4-7)8-3;1-3(2)4;1-5(2,3)4;1-4(2)3/h1-2H3;1-2H3;1-2H3;1-2H3. The van der Waals surface area contributed by atoms with Crippen molar-refractivity contribution in [3.63, 3.8) is 0 Å². The molecule has 6 nitrogen and oxygen atoms in total. The molecule has 0 heterocycles. The van der Waals surface area contributed by atoms with Crippen LogP contribution in [0.2, 0.25) is 0 Å². The molecule has 0 radical (unpaired) electrons. The van der Waals surface area contributed by atoms with Gasteiger partial charge in [-0.05, 0) is 13.8 Å². The third-order valence-corrected chi connectivity index (χ3v) is 0.691. The van der Waals surface area contributed by atoms with Gasteiger partial charge < -0.3 is 4.79 Å². The summed E-state index contributed by atoms with van der Waals surface area (Å²) in [6.07, 6.45) is 5.60. The fourth-order valence-corrected chi connectivity index (χ4v) is 0.249. The molecule has 0 aromatic heterocycles. The van der Waals surface area contributed by atoms with E-state index in [1.165, 1.54) is 13.8 Å². The van der Waals surface area contributed by atoms with Crippen molar-refractivity contribution in [1.82, 2.24) is 0 Å². The lowest BCUT2D eigenvalue weighted by molar-refractivity contribution is -0.114. The number of nitriles is 1. The lowest BCUT2D eigenvalue weighted by atomic mass is 10.3. The van der Waals surface area contributed by atoms with Crippen LogP contribution in [0.15, 0.2) is 11.3 Å². The normalized spacial score (nSPS) is 8.14. The summed E-state index contributed by atoms with van der Waals surface area (Å²) in [4.78, 5) is 12.4. The number of ketones is 1.